The second-order valence-electron chi connectivity index (χ2n) is 6.45. The van der Waals surface area contributed by atoms with Gasteiger partial charge in [0.05, 0.1) is 12.7 Å². The van der Waals surface area contributed by atoms with Gasteiger partial charge in [-0.1, -0.05) is 37.3 Å². The largest absolute Gasteiger partial charge is 0.444 e. The normalized spacial score (nSPS) is 14.0. The van der Waals surface area contributed by atoms with Crippen molar-refractivity contribution in [3.63, 3.8) is 0 Å². The van der Waals surface area contributed by atoms with Crippen molar-refractivity contribution in [2.24, 2.45) is 0 Å². The summed E-state index contributed by atoms with van der Waals surface area (Å²) in [6.45, 7) is 9.25. The number of Topliss-reactive ketones (excluding diaryl/α,β-unsaturated/α-hetero) is 1. The smallest absolute Gasteiger partial charge is 0.408 e. The van der Waals surface area contributed by atoms with Crippen molar-refractivity contribution in [3.8, 4) is 0 Å². The van der Waals surface area contributed by atoms with Crippen LogP contribution in [0.15, 0.2) is 30.3 Å². The number of nitrogens with one attached hydrogen (secondary N) is 1. The van der Waals surface area contributed by atoms with E-state index >= 15 is 0 Å². The van der Waals surface area contributed by atoms with Crippen LogP contribution in [0.3, 0.4) is 0 Å². The maximum absolute atomic E-state index is 12.1. The molecule has 23 heavy (non-hydrogen) atoms. The van der Waals surface area contributed by atoms with Crippen LogP contribution in [0.25, 0.3) is 0 Å². The molecule has 1 aromatic rings. The minimum atomic E-state index is -0.724. The standard InChI is InChI=1S/C18H27NO4/c1-6-15(20)16(19-17(21)23-18(3,4)5)13(2)22-12-14-10-8-7-9-11-14/h7-11,13,16H,6,12H2,1-5H3,(H,19,21). The average Bonchev–Trinajstić information content (AvgIpc) is 2.49. The van der Waals surface area contributed by atoms with Gasteiger partial charge in [0, 0.05) is 6.42 Å². The lowest BCUT2D eigenvalue weighted by atomic mass is 10.1. The number of ether oxygens (including phenoxy) is 2. The summed E-state index contributed by atoms with van der Waals surface area (Å²) in [5, 5.41) is 2.62. The van der Waals surface area contributed by atoms with Gasteiger partial charge in [-0.05, 0) is 33.3 Å². The number of hydrogen-bond acceptors (Lipinski definition) is 4. The highest BCUT2D eigenvalue weighted by molar-refractivity contribution is 5.87. The van der Waals surface area contributed by atoms with Crippen molar-refractivity contribution in [2.75, 3.05) is 0 Å². The van der Waals surface area contributed by atoms with Crippen molar-refractivity contribution in [1.82, 2.24) is 5.32 Å². The van der Waals surface area contributed by atoms with Crippen LogP contribution in [-0.4, -0.2) is 29.6 Å². The number of carbonyl (C=O) groups excluding carboxylic acids is 2. The highest BCUT2D eigenvalue weighted by Gasteiger charge is 2.28. The Balaban J connectivity index is 2.65. The van der Waals surface area contributed by atoms with E-state index in [0.717, 1.165) is 5.56 Å². The van der Waals surface area contributed by atoms with Crippen molar-refractivity contribution in [1.29, 1.82) is 0 Å². The molecule has 1 rings (SSSR count). The lowest BCUT2D eigenvalue weighted by Gasteiger charge is -2.26. The second-order valence-corrected chi connectivity index (χ2v) is 6.45. The van der Waals surface area contributed by atoms with Crippen LogP contribution in [0, 0.1) is 0 Å². The zero-order valence-corrected chi connectivity index (χ0v) is 14.6. The topological polar surface area (TPSA) is 64.6 Å². The quantitative estimate of drug-likeness (QED) is 0.835. The Morgan fingerprint density at radius 1 is 1.17 bits per heavy atom. The summed E-state index contributed by atoms with van der Waals surface area (Å²) in [6, 6.07) is 8.96. The number of carbonyl (C=O) groups is 2. The summed E-state index contributed by atoms with van der Waals surface area (Å²) < 4.78 is 11.0. The lowest BCUT2D eigenvalue weighted by molar-refractivity contribution is -0.124. The first-order chi connectivity index (χ1) is 10.7. The molecule has 1 amide bonds. The molecule has 0 aliphatic carbocycles. The van der Waals surface area contributed by atoms with Crippen LogP contribution in [0.5, 0.6) is 0 Å². The molecule has 1 N–H and O–H groups in total. The summed E-state index contributed by atoms with van der Waals surface area (Å²) in [6.07, 6.45) is -0.742. The summed E-state index contributed by atoms with van der Waals surface area (Å²) in [5.74, 6) is -0.0866. The Bertz CT molecular complexity index is 508. The molecule has 0 heterocycles. The van der Waals surface area contributed by atoms with Gasteiger partial charge in [0.15, 0.2) is 5.78 Å². The van der Waals surface area contributed by atoms with E-state index in [4.69, 9.17) is 9.47 Å². The van der Waals surface area contributed by atoms with E-state index in [1.165, 1.54) is 0 Å². The van der Waals surface area contributed by atoms with Crippen LogP contribution in [0.2, 0.25) is 0 Å². The summed E-state index contributed by atoms with van der Waals surface area (Å²) in [4.78, 5) is 24.0. The number of ketones is 1. The molecule has 0 radical (unpaired) electrons. The van der Waals surface area contributed by atoms with Crippen LogP contribution >= 0.6 is 0 Å². The fourth-order valence-electron chi connectivity index (χ4n) is 2.01. The first-order valence-electron chi connectivity index (χ1n) is 7.90. The lowest BCUT2D eigenvalue weighted by Crippen LogP contribution is -2.49. The van der Waals surface area contributed by atoms with E-state index in [-0.39, 0.29) is 5.78 Å². The molecule has 2 unspecified atom stereocenters. The zero-order valence-electron chi connectivity index (χ0n) is 14.6. The van der Waals surface area contributed by atoms with Gasteiger partial charge < -0.3 is 14.8 Å². The highest BCUT2D eigenvalue weighted by Crippen LogP contribution is 2.11. The van der Waals surface area contributed by atoms with E-state index in [9.17, 15) is 9.59 Å². The van der Waals surface area contributed by atoms with Crippen LogP contribution in [-0.2, 0) is 20.9 Å². The Morgan fingerprint density at radius 2 is 1.78 bits per heavy atom. The predicted molar refractivity (Wildman–Crippen MR) is 89.1 cm³/mol. The van der Waals surface area contributed by atoms with E-state index in [0.29, 0.717) is 13.0 Å². The summed E-state index contributed by atoms with van der Waals surface area (Å²) >= 11 is 0. The number of amides is 1. The van der Waals surface area contributed by atoms with Crippen molar-refractivity contribution in [3.05, 3.63) is 35.9 Å². The molecule has 5 nitrogen and oxygen atoms in total. The Morgan fingerprint density at radius 3 is 2.30 bits per heavy atom. The zero-order chi connectivity index (χ0) is 17.5. The van der Waals surface area contributed by atoms with Crippen LogP contribution < -0.4 is 5.32 Å². The molecule has 1 aromatic carbocycles. The Kier molecular flexibility index (Phi) is 7.23. The van der Waals surface area contributed by atoms with Gasteiger partial charge in [-0.2, -0.15) is 0 Å². The minimum Gasteiger partial charge on any atom is -0.444 e. The summed E-state index contributed by atoms with van der Waals surface area (Å²) in [7, 11) is 0. The molecular weight excluding hydrogens is 294 g/mol. The monoisotopic (exact) mass is 321 g/mol. The fraction of sp³-hybridized carbons (Fsp3) is 0.556. The number of rotatable bonds is 7. The van der Waals surface area contributed by atoms with Crippen molar-refractivity contribution >= 4 is 11.9 Å². The van der Waals surface area contributed by atoms with Gasteiger partial charge in [0.2, 0.25) is 0 Å². The molecule has 0 fully saturated rings. The minimum absolute atomic E-state index is 0.0866. The predicted octanol–water partition coefficient (Wildman–Crippen LogP) is 3.46. The van der Waals surface area contributed by atoms with Gasteiger partial charge in [0.25, 0.3) is 0 Å². The summed E-state index contributed by atoms with van der Waals surface area (Å²) in [5.41, 5.74) is 0.400. The molecule has 5 heteroatoms. The second kappa shape index (κ2) is 8.67. The molecule has 128 valence electrons. The van der Waals surface area contributed by atoms with Gasteiger partial charge in [-0.15, -0.1) is 0 Å². The third kappa shape index (κ3) is 7.28. The van der Waals surface area contributed by atoms with Crippen LogP contribution in [0.1, 0.15) is 46.6 Å². The van der Waals surface area contributed by atoms with E-state index in [1.54, 1.807) is 34.6 Å². The molecule has 0 aliphatic rings. The molecule has 0 aliphatic heterocycles. The number of hydrogen-bond donors (Lipinski definition) is 1. The molecule has 0 bridgehead atoms. The third-order valence-corrected chi connectivity index (χ3v) is 3.19. The molecular formula is C18H27NO4. The third-order valence-electron chi connectivity index (χ3n) is 3.19. The van der Waals surface area contributed by atoms with Crippen molar-refractivity contribution < 1.29 is 19.1 Å². The highest BCUT2D eigenvalue weighted by atomic mass is 16.6. The Hall–Kier alpha value is -1.88. The van der Waals surface area contributed by atoms with Crippen molar-refractivity contribution in [2.45, 2.75) is 65.4 Å². The maximum Gasteiger partial charge on any atom is 0.408 e. The first-order valence-corrected chi connectivity index (χ1v) is 7.90. The van der Waals surface area contributed by atoms with Gasteiger partial charge >= 0.3 is 6.09 Å². The first kappa shape index (κ1) is 19.2. The molecule has 0 saturated carbocycles. The van der Waals surface area contributed by atoms with E-state index in [2.05, 4.69) is 5.32 Å². The molecule has 0 aromatic heterocycles. The van der Waals surface area contributed by atoms with E-state index < -0.39 is 23.8 Å². The van der Waals surface area contributed by atoms with Gasteiger partial charge in [0.1, 0.15) is 11.6 Å². The van der Waals surface area contributed by atoms with Gasteiger partial charge in [-0.25, -0.2) is 4.79 Å². The fourth-order valence-corrected chi connectivity index (χ4v) is 2.01. The van der Waals surface area contributed by atoms with Crippen LogP contribution in [0.4, 0.5) is 4.79 Å². The molecule has 0 saturated heterocycles. The average molecular weight is 321 g/mol. The maximum atomic E-state index is 12.1. The number of alkyl carbamates (subject to hydrolysis) is 1. The molecule has 2 atom stereocenters. The van der Waals surface area contributed by atoms with E-state index in [1.807, 2.05) is 30.3 Å². The number of benzene rings is 1. The Labute approximate surface area is 138 Å². The van der Waals surface area contributed by atoms with Gasteiger partial charge in [-0.3, -0.25) is 4.79 Å². The molecule has 0 spiro atoms. The SMILES string of the molecule is CCC(=O)C(NC(=O)OC(C)(C)C)C(C)OCc1ccccc1.